The molecule has 4 rings (SSSR count). The summed E-state index contributed by atoms with van der Waals surface area (Å²) in [6.07, 6.45) is 1.41. The van der Waals surface area contributed by atoms with Crippen molar-refractivity contribution in [3.8, 4) is 34.2 Å². The number of hydrogen-bond donors (Lipinski definition) is 2. The van der Waals surface area contributed by atoms with Crippen LogP contribution in [0.4, 0.5) is 0 Å². The van der Waals surface area contributed by atoms with Crippen LogP contribution in [0, 0.1) is 0 Å². The monoisotopic (exact) mass is 521 g/mol. The molecule has 0 radical (unpaired) electrons. The second-order valence-corrected chi connectivity index (χ2v) is 8.66. The maximum Gasteiger partial charge on any atom is 0.342 e. The second kappa shape index (κ2) is 11.0. The molecule has 0 aliphatic heterocycles. The minimum Gasteiger partial charge on any atom is -0.497 e. The highest BCUT2D eigenvalue weighted by molar-refractivity contribution is 8.04. The highest BCUT2D eigenvalue weighted by Crippen LogP contribution is 2.34. The fourth-order valence-corrected chi connectivity index (χ4v) is 4.39. The Hall–Kier alpha value is -4.51. The Balaban J connectivity index is 1.63. The summed E-state index contributed by atoms with van der Waals surface area (Å²) in [6, 6.07) is 14.9. The molecule has 2 aromatic heterocycles. The van der Waals surface area contributed by atoms with Crippen LogP contribution in [0.25, 0.3) is 28.8 Å². The van der Waals surface area contributed by atoms with E-state index in [1.165, 1.54) is 18.2 Å². The van der Waals surface area contributed by atoms with Crippen LogP contribution in [0.15, 0.2) is 69.1 Å². The van der Waals surface area contributed by atoms with E-state index in [4.69, 9.17) is 19.0 Å². The van der Waals surface area contributed by atoms with Gasteiger partial charge in [0.25, 0.3) is 0 Å². The Kier molecular flexibility index (Phi) is 7.63. The molecule has 0 amide bonds. The molecule has 4 aromatic rings. The van der Waals surface area contributed by atoms with E-state index in [0.717, 1.165) is 11.8 Å². The number of carboxylic acids is 2. The number of aromatic carboxylic acids is 1. The van der Waals surface area contributed by atoms with E-state index in [9.17, 15) is 14.7 Å². The molecule has 0 fully saturated rings. The molecule has 0 atom stereocenters. The zero-order valence-electron chi connectivity index (χ0n) is 20.2. The van der Waals surface area contributed by atoms with Crippen molar-refractivity contribution < 1.29 is 33.7 Å². The van der Waals surface area contributed by atoms with Gasteiger partial charge in [-0.3, -0.25) is 0 Å². The summed E-state index contributed by atoms with van der Waals surface area (Å²) in [4.78, 5) is 23.1. The topological polar surface area (TPSA) is 137 Å². The third-order valence-corrected chi connectivity index (χ3v) is 6.37. The fraction of sp³-hybridized carbons (Fsp3) is 0.154. The van der Waals surface area contributed by atoms with Crippen LogP contribution in [-0.4, -0.2) is 51.1 Å². The Bertz CT molecular complexity index is 1450. The second-order valence-electron chi connectivity index (χ2n) is 7.65. The zero-order chi connectivity index (χ0) is 26.5. The largest absolute Gasteiger partial charge is 0.497 e. The van der Waals surface area contributed by atoms with Crippen LogP contribution in [-0.2, 0) is 11.3 Å². The minimum atomic E-state index is -1.15. The highest BCUT2D eigenvalue weighted by atomic mass is 32.2. The van der Waals surface area contributed by atoms with Gasteiger partial charge in [-0.15, -0.1) is 10.2 Å². The first-order valence-corrected chi connectivity index (χ1v) is 11.9. The van der Waals surface area contributed by atoms with Gasteiger partial charge in [-0.2, -0.15) is 0 Å². The molecule has 2 aromatic carbocycles. The Morgan fingerprint density at radius 2 is 1.65 bits per heavy atom. The van der Waals surface area contributed by atoms with Gasteiger partial charge < -0.3 is 28.7 Å². The van der Waals surface area contributed by atoms with E-state index in [0.29, 0.717) is 51.7 Å². The Morgan fingerprint density at radius 1 is 0.973 bits per heavy atom. The fourth-order valence-electron chi connectivity index (χ4n) is 3.52. The lowest BCUT2D eigenvalue weighted by molar-refractivity contribution is -0.131. The maximum absolute atomic E-state index is 12.1. The number of aliphatic carboxylic acids is 1. The third kappa shape index (κ3) is 5.67. The van der Waals surface area contributed by atoms with Crippen molar-refractivity contribution in [1.29, 1.82) is 0 Å². The molecule has 190 valence electrons. The molecule has 0 unspecified atom stereocenters. The lowest BCUT2D eigenvalue weighted by Gasteiger charge is -2.10. The summed E-state index contributed by atoms with van der Waals surface area (Å²) in [5.74, 6) is 0.344. The van der Waals surface area contributed by atoms with Gasteiger partial charge in [0.05, 0.1) is 19.8 Å². The lowest BCUT2D eigenvalue weighted by Crippen LogP contribution is -2.03. The van der Waals surface area contributed by atoms with Crippen LogP contribution in [0.3, 0.4) is 0 Å². The molecule has 10 nitrogen and oxygen atoms in total. The summed E-state index contributed by atoms with van der Waals surface area (Å²) in [5, 5.41) is 27.8. The number of rotatable bonds is 10. The molecular formula is C26H23N3O7S. The van der Waals surface area contributed by atoms with E-state index in [-0.39, 0.29) is 10.5 Å². The smallest absolute Gasteiger partial charge is 0.342 e. The first kappa shape index (κ1) is 25.6. The van der Waals surface area contributed by atoms with Crippen molar-refractivity contribution in [2.24, 2.45) is 0 Å². The summed E-state index contributed by atoms with van der Waals surface area (Å²) >= 11 is 0.952. The number of aromatic nitrogens is 3. The van der Waals surface area contributed by atoms with Gasteiger partial charge in [0, 0.05) is 29.8 Å². The van der Waals surface area contributed by atoms with E-state index in [2.05, 4.69) is 10.2 Å². The Labute approximate surface area is 216 Å². The zero-order valence-corrected chi connectivity index (χ0v) is 21.0. The number of benzene rings is 2. The van der Waals surface area contributed by atoms with Crippen molar-refractivity contribution >= 4 is 29.8 Å². The number of methoxy groups -OCH3 is 2. The number of thioether (sulfide) groups is 1. The molecule has 2 N–H and O–H groups in total. The summed E-state index contributed by atoms with van der Waals surface area (Å²) in [7, 11) is 3.11. The van der Waals surface area contributed by atoms with Crippen molar-refractivity contribution in [1.82, 2.24) is 14.8 Å². The van der Waals surface area contributed by atoms with Crippen molar-refractivity contribution in [2.45, 2.75) is 18.6 Å². The van der Waals surface area contributed by atoms with Crippen LogP contribution in [0.5, 0.6) is 11.5 Å². The summed E-state index contributed by atoms with van der Waals surface area (Å²) in [6.45, 7) is 2.40. The molecule has 0 aliphatic carbocycles. The maximum atomic E-state index is 12.1. The molecule has 0 saturated heterocycles. The molecule has 0 spiro atoms. The van der Waals surface area contributed by atoms with E-state index >= 15 is 0 Å². The van der Waals surface area contributed by atoms with Gasteiger partial charge in [0.15, 0.2) is 11.0 Å². The van der Waals surface area contributed by atoms with E-state index < -0.39 is 11.9 Å². The van der Waals surface area contributed by atoms with Crippen LogP contribution in [0.1, 0.15) is 23.0 Å². The molecular weight excluding hydrogens is 498 g/mol. The van der Waals surface area contributed by atoms with Gasteiger partial charge in [-0.25, -0.2) is 9.59 Å². The number of ether oxygens (including phenoxy) is 2. The lowest BCUT2D eigenvalue weighted by atomic mass is 10.1. The number of carboxylic acid groups (broad SMARTS) is 2. The first-order valence-electron chi connectivity index (χ1n) is 11.1. The van der Waals surface area contributed by atoms with Crippen molar-refractivity contribution in [3.63, 3.8) is 0 Å². The third-order valence-electron chi connectivity index (χ3n) is 5.37. The van der Waals surface area contributed by atoms with Gasteiger partial charge in [0.2, 0.25) is 0 Å². The standard InChI is InChI=1S/C26H23N3O7S/c1-4-29-23(17-11-19(34-2)13-20(12-17)35-3)27-28-26(29)37-22(25(32)33)14-18-9-10-21(36-18)15-5-7-16(8-6-15)24(30)31/h5-14H,4H2,1-3H3,(H,30,31)(H,32,33)/b22-14-. The predicted octanol–water partition coefficient (Wildman–Crippen LogP) is 5.16. The van der Waals surface area contributed by atoms with Crippen LogP contribution >= 0.6 is 11.8 Å². The van der Waals surface area contributed by atoms with Crippen LogP contribution < -0.4 is 9.47 Å². The van der Waals surface area contributed by atoms with Crippen molar-refractivity contribution in [3.05, 3.63) is 70.8 Å². The molecule has 37 heavy (non-hydrogen) atoms. The van der Waals surface area contributed by atoms with Gasteiger partial charge in [-0.05, 0) is 55.1 Å². The molecule has 0 bridgehead atoms. The number of carbonyl (C=O) groups is 2. The summed E-state index contributed by atoms with van der Waals surface area (Å²) < 4.78 is 18.3. The quantitative estimate of drug-likeness (QED) is 0.213. The molecule has 0 aliphatic rings. The SMILES string of the molecule is CCn1c(S/C(=C\c2ccc(-c3ccc(C(=O)O)cc3)o2)C(=O)O)nnc1-c1cc(OC)cc(OC)c1. The normalized spacial score (nSPS) is 11.4. The van der Waals surface area contributed by atoms with Gasteiger partial charge in [0.1, 0.15) is 27.9 Å². The molecule has 11 heteroatoms. The average Bonchev–Trinajstić information content (AvgIpc) is 3.54. The van der Waals surface area contributed by atoms with Gasteiger partial charge in [-0.1, -0.05) is 12.1 Å². The Morgan fingerprint density at radius 3 is 2.22 bits per heavy atom. The van der Waals surface area contributed by atoms with Crippen LogP contribution in [0.2, 0.25) is 0 Å². The molecule has 2 heterocycles. The van der Waals surface area contributed by atoms with E-state index in [1.807, 2.05) is 6.92 Å². The number of nitrogens with zero attached hydrogens (tertiary/aromatic N) is 3. The van der Waals surface area contributed by atoms with Crippen molar-refractivity contribution in [2.75, 3.05) is 14.2 Å². The highest BCUT2D eigenvalue weighted by Gasteiger charge is 2.20. The minimum absolute atomic E-state index is 0.0148. The summed E-state index contributed by atoms with van der Waals surface area (Å²) in [5.41, 5.74) is 1.54. The van der Waals surface area contributed by atoms with E-state index in [1.54, 1.807) is 61.3 Å². The van der Waals surface area contributed by atoms with Gasteiger partial charge >= 0.3 is 11.9 Å². The average molecular weight is 522 g/mol. The first-order chi connectivity index (χ1) is 17.8. The predicted molar refractivity (Wildman–Crippen MR) is 137 cm³/mol. The number of hydrogen-bond acceptors (Lipinski definition) is 8. The molecule has 0 saturated carbocycles. The number of furan rings is 1.